The molecule has 1 heterocycles. The van der Waals surface area contributed by atoms with Crippen molar-refractivity contribution in [3.05, 3.63) is 64.1 Å². The van der Waals surface area contributed by atoms with Crippen molar-refractivity contribution in [1.29, 1.82) is 0 Å². The monoisotopic (exact) mass is 427 g/mol. The van der Waals surface area contributed by atoms with E-state index in [9.17, 15) is 13.2 Å². The molecule has 27 heavy (non-hydrogen) atoms. The van der Waals surface area contributed by atoms with Crippen LogP contribution < -0.4 is 5.32 Å². The summed E-state index contributed by atoms with van der Waals surface area (Å²) in [5.74, 6) is -0.412. The molecule has 0 radical (unpaired) electrons. The Labute approximate surface area is 168 Å². The van der Waals surface area contributed by atoms with Gasteiger partial charge in [0.2, 0.25) is 5.91 Å². The van der Waals surface area contributed by atoms with Gasteiger partial charge in [-0.3, -0.25) is 4.79 Å². The topological polar surface area (TPSA) is 69.7 Å². The van der Waals surface area contributed by atoms with Crippen molar-refractivity contribution in [3.8, 4) is 0 Å². The number of nitrogens with zero attached hydrogens (tertiary/aromatic N) is 2. The molecule has 144 valence electrons. The first-order chi connectivity index (χ1) is 12.8. The summed E-state index contributed by atoms with van der Waals surface area (Å²) in [4.78, 5) is 12.3. The van der Waals surface area contributed by atoms with Gasteiger partial charge in [-0.25, -0.2) is 0 Å². The van der Waals surface area contributed by atoms with Crippen LogP contribution in [0.5, 0.6) is 0 Å². The lowest BCUT2D eigenvalue weighted by Crippen LogP contribution is -2.51. The third kappa shape index (κ3) is 5.21. The summed E-state index contributed by atoms with van der Waals surface area (Å²) < 4.78 is 28.3. The molecule has 9 heteroatoms. The van der Waals surface area contributed by atoms with E-state index in [1.807, 2.05) is 6.07 Å². The highest BCUT2D eigenvalue weighted by Gasteiger charge is 2.34. The number of benzene rings is 2. The quantitative estimate of drug-likeness (QED) is 0.794. The van der Waals surface area contributed by atoms with Crippen LogP contribution in [0.15, 0.2) is 48.5 Å². The number of anilines is 1. The first kappa shape index (κ1) is 20.1. The van der Waals surface area contributed by atoms with Gasteiger partial charge in [-0.05, 0) is 42.3 Å². The van der Waals surface area contributed by atoms with Gasteiger partial charge in [-0.15, -0.1) is 0 Å². The third-order valence-electron chi connectivity index (χ3n) is 4.14. The third-order valence-corrected chi connectivity index (χ3v) is 6.54. The lowest BCUT2D eigenvalue weighted by atomic mass is 10.2. The predicted molar refractivity (Wildman–Crippen MR) is 107 cm³/mol. The minimum atomic E-state index is -3.73. The van der Waals surface area contributed by atoms with E-state index in [2.05, 4.69) is 5.32 Å². The number of nitrogens with one attached hydrogen (secondary N) is 1. The highest BCUT2D eigenvalue weighted by molar-refractivity contribution is 7.86. The van der Waals surface area contributed by atoms with Crippen LogP contribution in [-0.2, 0) is 21.5 Å². The molecule has 6 nitrogen and oxygen atoms in total. The van der Waals surface area contributed by atoms with E-state index in [1.165, 1.54) is 8.61 Å². The van der Waals surface area contributed by atoms with Crippen molar-refractivity contribution < 1.29 is 13.2 Å². The number of carbonyl (C=O) groups excluding carboxylic acids is 1. The number of carbonyl (C=O) groups is 1. The molecule has 1 amide bonds. The van der Waals surface area contributed by atoms with Crippen molar-refractivity contribution >= 4 is 45.0 Å². The van der Waals surface area contributed by atoms with Crippen molar-refractivity contribution in [3.63, 3.8) is 0 Å². The van der Waals surface area contributed by atoms with Gasteiger partial charge in [-0.2, -0.15) is 17.0 Å². The van der Waals surface area contributed by atoms with Crippen LogP contribution in [0.3, 0.4) is 0 Å². The minimum absolute atomic E-state index is 0.218. The summed E-state index contributed by atoms with van der Waals surface area (Å²) in [6, 6.07) is 13.8. The Morgan fingerprint density at radius 3 is 2.37 bits per heavy atom. The van der Waals surface area contributed by atoms with E-state index >= 15 is 0 Å². The van der Waals surface area contributed by atoms with Crippen LogP contribution in [-0.4, -0.2) is 42.6 Å². The van der Waals surface area contributed by atoms with Crippen molar-refractivity contribution in [2.75, 3.05) is 25.0 Å². The van der Waals surface area contributed by atoms with Crippen LogP contribution in [0.25, 0.3) is 0 Å². The molecule has 1 N–H and O–H groups in total. The van der Waals surface area contributed by atoms with E-state index in [1.54, 1.807) is 42.5 Å². The molecule has 0 aromatic heterocycles. The number of rotatable bonds is 5. The van der Waals surface area contributed by atoms with E-state index < -0.39 is 16.1 Å². The maximum absolute atomic E-state index is 12.9. The maximum Gasteiger partial charge on any atom is 0.282 e. The molecule has 0 bridgehead atoms. The fourth-order valence-corrected chi connectivity index (χ4v) is 4.95. The average Bonchev–Trinajstić information content (AvgIpc) is 2.59. The average molecular weight is 428 g/mol. The molecule has 1 aliphatic heterocycles. The largest absolute Gasteiger partial charge is 0.325 e. The fourth-order valence-electron chi connectivity index (χ4n) is 2.90. The van der Waals surface area contributed by atoms with Gasteiger partial charge in [0.25, 0.3) is 10.2 Å². The highest BCUT2D eigenvalue weighted by atomic mass is 35.5. The molecule has 3 rings (SSSR count). The number of halogens is 2. The van der Waals surface area contributed by atoms with Crippen molar-refractivity contribution in [2.45, 2.75) is 13.0 Å². The van der Waals surface area contributed by atoms with Crippen LogP contribution in [0.1, 0.15) is 12.0 Å². The molecule has 0 aliphatic carbocycles. The Morgan fingerprint density at radius 2 is 1.67 bits per heavy atom. The normalized spacial score (nSPS) is 17.6. The van der Waals surface area contributed by atoms with E-state index in [0.29, 0.717) is 35.2 Å². The predicted octanol–water partition coefficient (Wildman–Crippen LogP) is 3.38. The Balaban J connectivity index is 1.67. The van der Waals surface area contributed by atoms with Gasteiger partial charge in [0.15, 0.2) is 0 Å². The molecule has 1 aliphatic rings. The van der Waals surface area contributed by atoms with Crippen LogP contribution in [0.4, 0.5) is 5.69 Å². The van der Waals surface area contributed by atoms with E-state index in [4.69, 9.17) is 23.2 Å². The summed E-state index contributed by atoms with van der Waals surface area (Å²) >= 11 is 11.9. The molecule has 0 spiro atoms. The van der Waals surface area contributed by atoms with Gasteiger partial charge in [-0.1, -0.05) is 41.4 Å². The molecule has 2 aromatic rings. The van der Waals surface area contributed by atoms with Gasteiger partial charge >= 0.3 is 0 Å². The molecular weight excluding hydrogens is 409 g/mol. The molecule has 1 saturated heterocycles. The SMILES string of the molecule is O=C(CN1CCCN(Cc2cccc(Cl)c2)S1(=O)=O)Nc1cccc(Cl)c1. The molecule has 0 saturated carbocycles. The number of hydrogen-bond donors (Lipinski definition) is 1. The zero-order valence-electron chi connectivity index (χ0n) is 14.4. The summed E-state index contributed by atoms with van der Waals surface area (Å²) in [6.07, 6.45) is 0.643. The first-order valence-electron chi connectivity index (χ1n) is 8.40. The lowest BCUT2D eigenvalue weighted by molar-refractivity contribution is -0.116. The van der Waals surface area contributed by atoms with Gasteiger partial charge < -0.3 is 5.32 Å². The van der Waals surface area contributed by atoms with Gasteiger partial charge in [0.1, 0.15) is 0 Å². The summed E-state index contributed by atoms with van der Waals surface area (Å²) in [5.41, 5.74) is 1.33. The number of amides is 1. The first-order valence-corrected chi connectivity index (χ1v) is 10.5. The Bertz CT molecular complexity index is 937. The molecule has 0 unspecified atom stereocenters. The Morgan fingerprint density at radius 1 is 1.00 bits per heavy atom. The zero-order valence-corrected chi connectivity index (χ0v) is 16.8. The van der Waals surface area contributed by atoms with Crippen LogP contribution >= 0.6 is 23.2 Å². The van der Waals surface area contributed by atoms with E-state index in [0.717, 1.165) is 5.56 Å². The van der Waals surface area contributed by atoms with Crippen molar-refractivity contribution in [1.82, 2.24) is 8.61 Å². The standard InChI is InChI=1S/C18H19Cl2N3O3S/c19-15-5-1-4-14(10-15)12-22-8-3-9-23(27(22,25)26)13-18(24)21-17-7-2-6-16(20)11-17/h1-2,4-7,10-11H,3,8-9,12-13H2,(H,21,24). The molecule has 1 fully saturated rings. The smallest absolute Gasteiger partial charge is 0.282 e. The Kier molecular flexibility index (Phi) is 6.39. The fraction of sp³-hybridized carbons (Fsp3) is 0.278. The summed E-state index contributed by atoms with van der Waals surface area (Å²) in [6.45, 7) is 0.675. The molecular formula is C18H19Cl2N3O3S. The second kappa shape index (κ2) is 8.58. The van der Waals surface area contributed by atoms with Crippen molar-refractivity contribution in [2.24, 2.45) is 0 Å². The second-order valence-corrected chi connectivity index (χ2v) is 9.02. The summed E-state index contributed by atoms with van der Waals surface area (Å²) in [5, 5.41) is 3.72. The Hall–Kier alpha value is -1.64. The van der Waals surface area contributed by atoms with Gasteiger partial charge in [0, 0.05) is 35.4 Å². The van der Waals surface area contributed by atoms with Gasteiger partial charge in [0.05, 0.1) is 6.54 Å². The summed E-state index contributed by atoms with van der Waals surface area (Å²) in [7, 11) is -3.73. The zero-order chi connectivity index (χ0) is 19.4. The van der Waals surface area contributed by atoms with Crippen LogP contribution in [0.2, 0.25) is 10.0 Å². The lowest BCUT2D eigenvalue weighted by Gasteiger charge is -2.34. The number of hydrogen-bond acceptors (Lipinski definition) is 3. The highest BCUT2D eigenvalue weighted by Crippen LogP contribution is 2.21. The molecule has 2 aromatic carbocycles. The van der Waals surface area contributed by atoms with Crippen LogP contribution in [0, 0.1) is 0 Å². The maximum atomic E-state index is 12.9. The molecule has 0 atom stereocenters. The second-order valence-electron chi connectivity index (χ2n) is 6.22. The minimum Gasteiger partial charge on any atom is -0.325 e. The van der Waals surface area contributed by atoms with E-state index in [-0.39, 0.29) is 13.1 Å².